The molecule has 1 amide bonds. The van der Waals surface area contributed by atoms with E-state index in [0.717, 1.165) is 17.9 Å². The van der Waals surface area contributed by atoms with E-state index in [1.165, 1.54) is 11.8 Å². The fourth-order valence-corrected chi connectivity index (χ4v) is 2.64. The van der Waals surface area contributed by atoms with E-state index in [2.05, 4.69) is 19.2 Å². The average molecular weight is 330 g/mol. The van der Waals surface area contributed by atoms with Gasteiger partial charge in [0.15, 0.2) is 0 Å². The Morgan fingerprint density at radius 1 is 1.29 bits per heavy atom. The van der Waals surface area contributed by atoms with E-state index in [9.17, 15) is 4.79 Å². The van der Waals surface area contributed by atoms with Gasteiger partial charge in [0.2, 0.25) is 5.91 Å². The van der Waals surface area contributed by atoms with Crippen LogP contribution in [0.3, 0.4) is 0 Å². The SMILES string of the molecule is CC(C)COCCCNC(=O)C(C)Sc1ccc(Cl)cc1. The van der Waals surface area contributed by atoms with Gasteiger partial charge < -0.3 is 10.1 Å². The summed E-state index contributed by atoms with van der Waals surface area (Å²) in [6, 6.07) is 7.52. The van der Waals surface area contributed by atoms with Gasteiger partial charge in [0.25, 0.3) is 0 Å². The van der Waals surface area contributed by atoms with Gasteiger partial charge in [0.1, 0.15) is 0 Å². The lowest BCUT2D eigenvalue weighted by atomic mass is 10.2. The third-order valence-electron chi connectivity index (χ3n) is 2.71. The Morgan fingerprint density at radius 3 is 2.57 bits per heavy atom. The summed E-state index contributed by atoms with van der Waals surface area (Å²) < 4.78 is 5.48. The molecule has 1 N–H and O–H groups in total. The molecule has 0 aliphatic rings. The monoisotopic (exact) mass is 329 g/mol. The summed E-state index contributed by atoms with van der Waals surface area (Å²) in [6.07, 6.45) is 0.844. The van der Waals surface area contributed by atoms with Crippen molar-refractivity contribution in [2.24, 2.45) is 5.92 Å². The molecule has 0 heterocycles. The van der Waals surface area contributed by atoms with Crippen LogP contribution >= 0.6 is 23.4 Å². The molecule has 0 aliphatic heterocycles. The van der Waals surface area contributed by atoms with Crippen LogP contribution in [0.15, 0.2) is 29.2 Å². The van der Waals surface area contributed by atoms with Crippen LogP contribution in [0.1, 0.15) is 27.2 Å². The Hall–Kier alpha value is -0.710. The quantitative estimate of drug-likeness (QED) is 0.549. The molecule has 3 nitrogen and oxygen atoms in total. The Kier molecular flexibility index (Phi) is 8.81. The molecule has 0 spiro atoms. The van der Waals surface area contributed by atoms with Gasteiger partial charge in [-0.2, -0.15) is 0 Å². The number of thioether (sulfide) groups is 1. The third-order valence-corrected chi connectivity index (χ3v) is 4.08. The molecule has 21 heavy (non-hydrogen) atoms. The minimum absolute atomic E-state index is 0.0545. The van der Waals surface area contributed by atoms with Crippen molar-refractivity contribution in [2.75, 3.05) is 19.8 Å². The number of ether oxygens (including phenoxy) is 1. The summed E-state index contributed by atoms with van der Waals surface area (Å²) in [7, 11) is 0. The standard InChI is InChI=1S/C16H24ClNO2S/c1-12(2)11-20-10-4-9-18-16(19)13(3)21-15-7-5-14(17)6-8-15/h5-8,12-13H,4,9-11H2,1-3H3,(H,18,19). The molecule has 1 aromatic rings. The number of hydrogen-bond acceptors (Lipinski definition) is 3. The van der Waals surface area contributed by atoms with E-state index < -0.39 is 0 Å². The van der Waals surface area contributed by atoms with E-state index in [-0.39, 0.29) is 11.2 Å². The lowest BCUT2D eigenvalue weighted by Crippen LogP contribution is -2.32. The Bertz CT molecular complexity index is 423. The van der Waals surface area contributed by atoms with Crippen LogP contribution in [-0.2, 0) is 9.53 Å². The van der Waals surface area contributed by atoms with E-state index in [4.69, 9.17) is 16.3 Å². The first-order valence-electron chi connectivity index (χ1n) is 7.26. The van der Waals surface area contributed by atoms with Gasteiger partial charge in [0, 0.05) is 29.7 Å². The normalized spacial score (nSPS) is 12.4. The first-order valence-corrected chi connectivity index (χ1v) is 8.52. The summed E-state index contributed by atoms with van der Waals surface area (Å²) in [4.78, 5) is 13.0. The maximum Gasteiger partial charge on any atom is 0.233 e. The Balaban J connectivity index is 2.18. The summed E-state index contributed by atoms with van der Waals surface area (Å²) in [5.41, 5.74) is 0. The van der Waals surface area contributed by atoms with Gasteiger partial charge in [0.05, 0.1) is 5.25 Å². The van der Waals surface area contributed by atoms with Crippen LogP contribution in [0, 0.1) is 5.92 Å². The van der Waals surface area contributed by atoms with E-state index in [1.807, 2.05) is 31.2 Å². The Morgan fingerprint density at radius 2 is 1.95 bits per heavy atom. The molecule has 1 atom stereocenters. The molecule has 0 aliphatic carbocycles. The number of nitrogens with one attached hydrogen (secondary N) is 1. The second-order valence-corrected chi connectivity index (χ2v) is 7.18. The number of carbonyl (C=O) groups is 1. The summed E-state index contributed by atoms with van der Waals surface area (Å²) in [6.45, 7) is 8.27. The van der Waals surface area contributed by atoms with Gasteiger partial charge in [-0.25, -0.2) is 0 Å². The van der Waals surface area contributed by atoms with Gasteiger partial charge in [-0.3, -0.25) is 4.79 Å². The van der Waals surface area contributed by atoms with Crippen molar-refractivity contribution in [3.63, 3.8) is 0 Å². The zero-order valence-corrected chi connectivity index (χ0v) is 14.5. The first kappa shape index (κ1) is 18.3. The molecule has 0 aromatic heterocycles. The van der Waals surface area contributed by atoms with Crippen LogP contribution < -0.4 is 5.32 Å². The fourth-order valence-electron chi connectivity index (χ4n) is 1.62. The lowest BCUT2D eigenvalue weighted by molar-refractivity contribution is -0.120. The molecular formula is C16H24ClNO2S. The van der Waals surface area contributed by atoms with Crippen molar-refractivity contribution >= 4 is 29.3 Å². The highest BCUT2D eigenvalue weighted by Crippen LogP contribution is 2.24. The lowest BCUT2D eigenvalue weighted by Gasteiger charge is -2.12. The third kappa shape index (κ3) is 8.34. The highest BCUT2D eigenvalue weighted by Gasteiger charge is 2.13. The van der Waals surface area contributed by atoms with Gasteiger partial charge in [-0.1, -0.05) is 25.4 Å². The van der Waals surface area contributed by atoms with Crippen molar-refractivity contribution < 1.29 is 9.53 Å². The topological polar surface area (TPSA) is 38.3 Å². The molecular weight excluding hydrogens is 306 g/mol. The van der Waals surface area contributed by atoms with Crippen LogP contribution in [0.2, 0.25) is 5.02 Å². The predicted molar refractivity (Wildman–Crippen MR) is 90.1 cm³/mol. The molecule has 1 unspecified atom stereocenters. The molecule has 0 fully saturated rings. The fraction of sp³-hybridized carbons (Fsp3) is 0.562. The predicted octanol–water partition coefficient (Wildman–Crippen LogP) is 4.00. The van der Waals surface area contributed by atoms with Crippen molar-refractivity contribution in [1.29, 1.82) is 0 Å². The average Bonchev–Trinajstić information content (AvgIpc) is 2.44. The largest absolute Gasteiger partial charge is 0.381 e. The number of amides is 1. The minimum atomic E-state index is -0.122. The molecule has 0 bridgehead atoms. The van der Waals surface area contributed by atoms with Crippen molar-refractivity contribution in [1.82, 2.24) is 5.32 Å². The zero-order valence-electron chi connectivity index (χ0n) is 12.9. The highest BCUT2D eigenvalue weighted by molar-refractivity contribution is 8.00. The van der Waals surface area contributed by atoms with Crippen LogP contribution in [-0.4, -0.2) is 30.9 Å². The van der Waals surface area contributed by atoms with Gasteiger partial charge >= 0.3 is 0 Å². The zero-order chi connectivity index (χ0) is 15.7. The molecule has 5 heteroatoms. The number of benzene rings is 1. The van der Waals surface area contributed by atoms with Crippen LogP contribution in [0.4, 0.5) is 0 Å². The van der Waals surface area contributed by atoms with Crippen molar-refractivity contribution in [3.05, 3.63) is 29.3 Å². The van der Waals surface area contributed by atoms with Crippen LogP contribution in [0.5, 0.6) is 0 Å². The summed E-state index contributed by atoms with van der Waals surface area (Å²) in [5.74, 6) is 0.606. The maximum atomic E-state index is 12.0. The molecule has 0 saturated carbocycles. The van der Waals surface area contributed by atoms with E-state index >= 15 is 0 Å². The smallest absolute Gasteiger partial charge is 0.233 e. The molecule has 0 radical (unpaired) electrons. The molecule has 1 rings (SSSR count). The number of carbonyl (C=O) groups excluding carboxylic acids is 1. The molecule has 0 saturated heterocycles. The first-order chi connectivity index (χ1) is 9.99. The minimum Gasteiger partial charge on any atom is -0.381 e. The van der Waals surface area contributed by atoms with Crippen LogP contribution in [0.25, 0.3) is 0 Å². The second kappa shape index (κ2) is 10.1. The number of halogens is 1. The highest BCUT2D eigenvalue weighted by atomic mass is 35.5. The van der Waals surface area contributed by atoms with Crippen molar-refractivity contribution in [3.8, 4) is 0 Å². The second-order valence-electron chi connectivity index (χ2n) is 5.33. The van der Waals surface area contributed by atoms with Gasteiger partial charge in [-0.05, 0) is 43.5 Å². The molecule has 1 aromatic carbocycles. The number of rotatable bonds is 9. The number of hydrogen-bond donors (Lipinski definition) is 1. The summed E-state index contributed by atoms with van der Waals surface area (Å²) >= 11 is 7.37. The van der Waals surface area contributed by atoms with Crippen molar-refractivity contribution in [2.45, 2.75) is 37.3 Å². The van der Waals surface area contributed by atoms with E-state index in [1.54, 1.807) is 0 Å². The van der Waals surface area contributed by atoms with E-state index in [0.29, 0.717) is 24.1 Å². The maximum absolute atomic E-state index is 12.0. The van der Waals surface area contributed by atoms with Gasteiger partial charge in [-0.15, -0.1) is 11.8 Å². The Labute approximate surface area is 136 Å². The summed E-state index contributed by atoms with van der Waals surface area (Å²) in [5, 5.41) is 3.52. The molecule has 118 valence electrons.